The van der Waals surface area contributed by atoms with Gasteiger partial charge < -0.3 is 15.4 Å². The summed E-state index contributed by atoms with van der Waals surface area (Å²) in [7, 11) is -3.13. The molecule has 10 nitrogen and oxygen atoms in total. The third-order valence-electron chi connectivity index (χ3n) is 6.27. The Balaban J connectivity index is 1.34. The third kappa shape index (κ3) is 7.04. The van der Waals surface area contributed by atoms with Crippen LogP contribution in [0, 0.1) is 6.92 Å². The molecule has 1 saturated carbocycles. The average Bonchev–Trinajstić information content (AvgIpc) is 3.33. The Hall–Kier alpha value is -2.92. The number of hydrogen-bond acceptors (Lipinski definition) is 7. The van der Waals surface area contributed by atoms with Gasteiger partial charge in [-0.1, -0.05) is 24.2 Å². The molecule has 0 saturated heterocycles. The number of imidazole rings is 1. The van der Waals surface area contributed by atoms with Crippen LogP contribution in [0.25, 0.3) is 11.2 Å². The van der Waals surface area contributed by atoms with Gasteiger partial charge in [0.05, 0.1) is 12.4 Å². The van der Waals surface area contributed by atoms with Gasteiger partial charge in [0.25, 0.3) is 0 Å². The number of aryl methyl sites for hydroxylation is 1. The molecule has 0 aliphatic heterocycles. The molecule has 3 aromatic rings. The van der Waals surface area contributed by atoms with Gasteiger partial charge in [0.15, 0.2) is 12.1 Å². The summed E-state index contributed by atoms with van der Waals surface area (Å²) >= 11 is 0. The van der Waals surface area contributed by atoms with E-state index in [9.17, 15) is 8.42 Å². The number of hydrogen-bond donors (Lipinski definition) is 4. The lowest BCUT2D eigenvalue weighted by molar-refractivity contribution is -0.347. The van der Waals surface area contributed by atoms with E-state index in [0.29, 0.717) is 25.1 Å². The molecule has 35 heavy (non-hydrogen) atoms. The van der Waals surface area contributed by atoms with Gasteiger partial charge in [0.2, 0.25) is 15.5 Å². The standard InChI is InChI=1S/C24H35N7O3S/c1-3-35(32,33)27-13-7-8-14-34-19-11-12-20(17(2)15-19)29-24-30-22-21(25-16-26-22)23(31-24)28-18-9-5-4-6-10-18/h11-12,15-16,18,27H,3-10,13-14H2,1-2H3,(H3,25,26,28,29,30,31)/p+1. The summed E-state index contributed by atoms with van der Waals surface area (Å²) in [6, 6.07) is 6.28. The molecular formula is C24H36N7O3S+. The van der Waals surface area contributed by atoms with Crippen molar-refractivity contribution in [3.05, 3.63) is 30.1 Å². The normalized spacial score (nSPS) is 14.8. The lowest BCUT2D eigenvalue weighted by Crippen LogP contribution is -2.26. The van der Waals surface area contributed by atoms with E-state index in [4.69, 9.17) is 9.72 Å². The SMILES string of the molecule is CCS(=O)(=O)NCCCCOc1ccc(Nc2nc(NC3CCCCC3)c3[nH]c[nH+]c3n2)c(C)c1. The first kappa shape index (κ1) is 25.2. The number of anilines is 3. The quantitative estimate of drug-likeness (QED) is 0.278. The van der Waals surface area contributed by atoms with Gasteiger partial charge in [-0.2, -0.15) is 4.98 Å². The van der Waals surface area contributed by atoms with Crippen molar-refractivity contribution in [2.24, 2.45) is 0 Å². The summed E-state index contributed by atoms with van der Waals surface area (Å²) in [5, 5.41) is 6.95. The molecule has 1 fully saturated rings. The van der Waals surface area contributed by atoms with Crippen LogP contribution in [0.1, 0.15) is 57.4 Å². The third-order valence-corrected chi connectivity index (χ3v) is 7.67. The highest BCUT2D eigenvalue weighted by molar-refractivity contribution is 7.89. The Morgan fingerprint density at radius 3 is 2.77 bits per heavy atom. The zero-order chi connectivity index (χ0) is 24.7. The minimum atomic E-state index is -3.13. The predicted octanol–water partition coefficient (Wildman–Crippen LogP) is 3.67. The number of unbranched alkanes of at least 4 members (excludes halogenated alkanes) is 1. The summed E-state index contributed by atoms with van der Waals surface area (Å²) < 4.78 is 31.3. The molecular weight excluding hydrogens is 466 g/mol. The maximum atomic E-state index is 11.4. The number of ether oxygens (including phenoxy) is 1. The number of benzene rings is 1. The summed E-state index contributed by atoms with van der Waals surface area (Å²) in [5.74, 6) is 2.21. The smallest absolute Gasteiger partial charge is 0.307 e. The minimum Gasteiger partial charge on any atom is -0.494 e. The van der Waals surface area contributed by atoms with Crippen molar-refractivity contribution in [2.45, 2.75) is 64.8 Å². The van der Waals surface area contributed by atoms with Crippen LogP contribution >= 0.6 is 0 Å². The average molecular weight is 503 g/mol. The van der Waals surface area contributed by atoms with E-state index in [1.807, 2.05) is 25.1 Å². The molecule has 0 spiro atoms. The Morgan fingerprint density at radius 1 is 1.17 bits per heavy atom. The molecule has 0 bridgehead atoms. The fourth-order valence-electron chi connectivity index (χ4n) is 4.21. The van der Waals surface area contributed by atoms with Gasteiger partial charge in [-0.15, -0.1) is 0 Å². The van der Waals surface area contributed by atoms with Crippen molar-refractivity contribution >= 4 is 38.6 Å². The highest BCUT2D eigenvalue weighted by atomic mass is 32.2. The molecule has 0 amide bonds. The minimum absolute atomic E-state index is 0.101. The number of H-pyrrole nitrogens is 2. The number of fused-ring (bicyclic) bond motifs is 1. The summed E-state index contributed by atoms with van der Waals surface area (Å²) in [6.07, 6.45) is 9.39. The first-order valence-electron chi connectivity index (χ1n) is 12.4. The number of nitrogens with one attached hydrogen (secondary N) is 5. The number of rotatable bonds is 12. The highest BCUT2D eigenvalue weighted by Crippen LogP contribution is 2.27. The first-order chi connectivity index (χ1) is 16.9. The monoisotopic (exact) mass is 502 g/mol. The Labute approximate surface area is 206 Å². The Bertz CT molecular complexity index is 1220. The van der Waals surface area contributed by atoms with Crippen LogP contribution in [-0.2, 0) is 10.0 Å². The van der Waals surface area contributed by atoms with Crippen molar-refractivity contribution in [3.8, 4) is 5.75 Å². The lowest BCUT2D eigenvalue weighted by Gasteiger charge is -2.23. The Kier molecular flexibility index (Phi) is 8.40. The van der Waals surface area contributed by atoms with Gasteiger partial charge in [-0.25, -0.2) is 18.1 Å². The van der Waals surface area contributed by atoms with Crippen molar-refractivity contribution in [1.82, 2.24) is 19.7 Å². The highest BCUT2D eigenvalue weighted by Gasteiger charge is 2.20. The predicted molar refractivity (Wildman–Crippen MR) is 138 cm³/mol. The molecule has 2 heterocycles. The van der Waals surface area contributed by atoms with Crippen molar-refractivity contribution in [1.29, 1.82) is 0 Å². The topological polar surface area (TPSA) is 135 Å². The fraction of sp³-hybridized carbons (Fsp3) is 0.542. The van der Waals surface area contributed by atoms with Crippen LogP contribution in [0.4, 0.5) is 17.5 Å². The molecule has 0 unspecified atom stereocenters. The van der Waals surface area contributed by atoms with Crippen molar-refractivity contribution in [3.63, 3.8) is 0 Å². The van der Waals surface area contributed by atoms with Crippen LogP contribution in [0.5, 0.6) is 5.75 Å². The van der Waals surface area contributed by atoms with Crippen LogP contribution in [0.3, 0.4) is 0 Å². The molecule has 11 heteroatoms. The zero-order valence-corrected chi connectivity index (χ0v) is 21.3. The van der Waals surface area contributed by atoms with Gasteiger partial charge in [-0.3, -0.25) is 4.98 Å². The first-order valence-corrected chi connectivity index (χ1v) is 14.1. The van der Waals surface area contributed by atoms with Crippen LogP contribution in [0.2, 0.25) is 0 Å². The molecule has 2 aromatic heterocycles. The molecule has 0 atom stereocenters. The van der Waals surface area contributed by atoms with Gasteiger partial charge in [0, 0.05) is 18.3 Å². The van der Waals surface area contributed by atoms with Gasteiger partial charge in [-0.05, 0) is 63.3 Å². The largest absolute Gasteiger partial charge is 0.494 e. The number of aromatic amines is 2. The van der Waals surface area contributed by atoms with Crippen molar-refractivity contribution in [2.75, 3.05) is 29.5 Å². The summed E-state index contributed by atoms with van der Waals surface area (Å²) in [5.41, 5.74) is 3.55. The maximum absolute atomic E-state index is 11.4. The van der Waals surface area contributed by atoms with E-state index in [2.05, 4.69) is 30.3 Å². The number of aromatic nitrogens is 4. The fourth-order valence-corrected chi connectivity index (χ4v) is 4.87. The molecule has 1 aromatic carbocycles. The molecule has 1 aliphatic carbocycles. The van der Waals surface area contributed by atoms with Crippen LogP contribution in [0.15, 0.2) is 24.5 Å². The second-order valence-electron chi connectivity index (χ2n) is 8.99. The van der Waals surface area contributed by atoms with Crippen LogP contribution < -0.4 is 25.1 Å². The van der Waals surface area contributed by atoms with E-state index in [1.165, 1.54) is 19.3 Å². The number of nitrogens with zero attached hydrogens (tertiary/aromatic N) is 2. The second kappa shape index (κ2) is 11.7. The van der Waals surface area contributed by atoms with E-state index in [1.54, 1.807) is 13.3 Å². The summed E-state index contributed by atoms with van der Waals surface area (Å²) in [6.45, 7) is 4.60. The molecule has 190 valence electrons. The van der Waals surface area contributed by atoms with E-state index in [-0.39, 0.29) is 5.75 Å². The maximum Gasteiger partial charge on any atom is 0.307 e. The van der Waals surface area contributed by atoms with Crippen molar-refractivity contribution < 1.29 is 18.1 Å². The van der Waals surface area contributed by atoms with E-state index < -0.39 is 10.0 Å². The molecule has 4 rings (SSSR count). The molecule has 5 N–H and O–H groups in total. The van der Waals surface area contributed by atoms with Gasteiger partial charge in [0.1, 0.15) is 5.75 Å². The van der Waals surface area contributed by atoms with E-state index in [0.717, 1.165) is 59.7 Å². The van der Waals surface area contributed by atoms with Gasteiger partial charge >= 0.3 is 11.6 Å². The molecule has 1 aliphatic rings. The Morgan fingerprint density at radius 2 is 2.00 bits per heavy atom. The molecule has 0 radical (unpaired) electrons. The van der Waals surface area contributed by atoms with Crippen LogP contribution in [-0.4, -0.2) is 48.3 Å². The number of sulfonamides is 1. The zero-order valence-electron chi connectivity index (χ0n) is 20.5. The van der Waals surface area contributed by atoms with E-state index >= 15 is 0 Å². The summed E-state index contributed by atoms with van der Waals surface area (Å²) in [4.78, 5) is 15.7. The second-order valence-corrected chi connectivity index (χ2v) is 11.1. The lowest BCUT2D eigenvalue weighted by atomic mass is 9.95.